The van der Waals surface area contributed by atoms with E-state index >= 15 is 0 Å². The van der Waals surface area contributed by atoms with Crippen molar-refractivity contribution in [1.29, 1.82) is 0 Å². The predicted molar refractivity (Wildman–Crippen MR) is 144 cm³/mol. The van der Waals surface area contributed by atoms with E-state index in [1.54, 1.807) is 12.1 Å². The van der Waals surface area contributed by atoms with Crippen LogP contribution in [0.1, 0.15) is 42.6 Å². The molecule has 0 bridgehead atoms. The number of nitrogens with one attached hydrogen (secondary N) is 2. The van der Waals surface area contributed by atoms with Crippen molar-refractivity contribution in [3.8, 4) is 0 Å². The maximum Gasteiger partial charge on any atom is 0.278 e. The highest BCUT2D eigenvalue weighted by Crippen LogP contribution is 2.37. The first-order valence-corrected chi connectivity index (χ1v) is 13.3. The van der Waals surface area contributed by atoms with E-state index in [0.717, 1.165) is 53.1 Å². The normalized spacial score (nSPS) is 16.1. The molecule has 1 saturated carbocycles. The van der Waals surface area contributed by atoms with Crippen molar-refractivity contribution in [2.75, 3.05) is 10.6 Å². The third-order valence-electron chi connectivity index (χ3n) is 6.86. The van der Waals surface area contributed by atoms with Crippen LogP contribution < -0.4 is 10.6 Å². The lowest BCUT2D eigenvalue weighted by atomic mass is 10.1. The lowest BCUT2D eigenvalue weighted by molar-refractivity contribution is -0.138. The van der Waals surface area contributed by atoms with Crippen molar-refractivity contribution >= 4 is 40.9 Å². The van der Waals surface area contributed by atoms with Crippen LogP contribution in [0.3, 0.4) is 0 Å². The molecule has 0 spiro atoms. The second-order valence-corrected chi connectivity index (χ2v) is 10.6. The zero-order valence-electron chi connectivity index (χ0n) is 20.9. The highest BCUT2D eigenvalue weighted by molar-refractivity contribution is 8.04. The number of carbonyl (C=O) groups is 3. The van der Waals surface area contributed by atoms with Gasteiger partial charge in [0.15, 0.2) is 0 Å². The van der Waals surface area contributed by atoms with Crippen molar-refractivity contribution in [2.24, 2.45) is 5.92 Å². The number of furan rings is 1. The maximum atomic E-state index is 13.4. The molecule has 1 aliphatic heterocycles. The van der Waals surface area contributed by atoms with E-state index in [4.69, 9.17) is 4.42 Å². The molecule has 8 heteroatoms. The average molecular weight is 516 g/mol. The van der Waals surface area contributed by atoms with Gasteiger partial charge in [0.2, 0.25) is 5.91 Å². The number of hydrogen-bond acceptors (Lipinski definition) is 6. The Balaban J connectivity index is 1.38. The van der Waals surface area contributed by atoms with Gasteiger partial charge in [-0.3, -0.25) is 19.3 Å². The minimum Gasteiger partial charge on any atom is -0.467 e. The van der Waals surface area contributed by atoms with Gasteiger partial charge < -0.3 is 15.1 Å². The predicted octanol–water partition coefficient (Wildman–Crippen LogP) is 6.01. The van der Waals surface area contributed by atoms with E-state index in [-0.39, 0.29) is 30.0 Å². The average Bonchev–Trinajstić information content (AvgIpc) is 3.65. The number of hydrogen-bond donors (Lipinski definition) is 2. The van der Waals surface area contributed by atoms with Gasteiger partial charge in [-0.15, -0.1) is 0 Å². The zero-order chi connectivity index (χ0) is 25.9. The zero-order valence-corrected chi connectivity index (χ0v) is 21.7. The molecule has 3 aromatic rings. The summed E-state index contributed by atoms with van der Waals surface area (Å²) < 4.78 is 5.38. The molecule has 190 valence electrons. The molecule has 2 heterocycles. The Morgan fingerprint density at radius 3 is 2.38 bits per heavy atom. The van der Waals surface area contributed by atoms with Crippen LogP contribution in [0, 0.1) is 19.8 Å². The molecule has 0 unspecified atom stereocenters. The molecule has 2 aliphatic rings. The SMILES string of the molecule is Cc1ccc(NC2=C(Sc3ccc(NC(=O)C4CCCC4)cc3)C(=O)N(Cc3ccco3)C2=O)cc1C. The number of amides is 3. The van der Waals surface area contributed by atoms with Crippen LogP contribution in [0.2, 0.25) is 0 Å². The van der Waals surface area contributed by atoms with E-state index in [0.29, 0.717) is 10.7 Å². The van der Waals surface area contributed by atoms with Gasteiger partial charge in [-0.05, 0) is 86.3 Å². The van der Waals surface area contributed by atoms with Crippen molar-refractivity contribution in [3.05, 3.63) is 88.3 Å². The fourth-order valence-electron chi connectivity index (χ4n) is 4.58. The van der Waals surface area contributed by atoms with Gasteiger partial charge in [0, 0.05) is 22.2 Å². The molecule has 2 N–H and O–H groups in total. The van der Waals surface area contributed by atoms with Gasteiger partial charge in [0.25, 0.3) is 11.8 Å². The summed E-state index contributed by atoms with van der Waals surface area (Å²) in [6.45, 7) is 4.08. The molecule has 0 atom stereocenters. The van der Waals surface area contributed by atoms with Gasteiger partial charge in [-0.2, -0.15) is 0 Å². The first-order chi connectivity index (χ1) is 17.9. The Morgan fingerprint density at radius 2 is 1.70 bits per heavy atom. The van der Waals surface area contributed by atoms with E-state index in [9.17, 15) is 14.4 Å². The highest BCUT2D eigenvalue weighted by atomic mass is 32.2. The summed E-state index contributed by atoms with van der Waals surface area (Å²) in [5.41, 5.74) is 3.92. The van der Waals surface area contributed by atoms with Crippen LogP contribution in [0.15, 0.2) is 80.8 Å². The second-order valence-electron chi connectivity index (χ2n) is 9.50. The quantitative estimate of drug-likeness (QED) is 0.357. The number of benzene rings is 2. The Bertz CT molecular complexity index is 1360. The summed E-state index contributed by atoms with van der Waals surface area (Å²) in [5, 5.41) is 6.19. The smallest absolute Gasteiger partial charge is 0.278 e. The molecular weight excluding hydrogens is 486 g/mol. The topological polar surface area (TPSA) is 91.7 Å². The Kier molecular flexibility index (Phi) is 7.19. The van der Waals surface area contributed by atoms with Crippen LogP contribution in [-0.2, 0) is 20.9 Å². The minimum absolute atomic E-state index is 0.0545. The number of aryl methyl sites for hydroxylation is 2. The fraction of sp³-hybridized carbons (Fsp3) is 0.276. The highest BCUT2D eigenvalue weighted by Gasteiger charge is 2.39. The standard InChI is InChI=1S/C29H29N3O4S/c1-18-9-10-22(16-19(18)2)30-25-26(29(35)32(28(25)34)17-23-8-5-15-36-23)37-24-13-11-21(12-14-24)31-27(33)20-6-3-4-7-20/h5,8-16,20,30H,3-4,6-7,17H2,1-2H3,(H,31,33). The van der Waals surface area contributed by atoms with Crippen LogP contribution in [-0.4, -0.2) is 22.6 Å². The minimum atomic E-state index is -0.400. The number of rotatable bonds is 8. The number of anilines is 2. The fourth-order valence-corrected chi connectivity index (χ4v) is 5.53. The Labute approximate surface area is 220 Å². The van der Waals surface area contributed by atoms with Gasteiger partial charge in [-0.25, -0.2) is 0 Å². The van der Waals surface area contributed by atoms with Crippen molar-refractivity contribution in [3.63, 3.8) is 0 Å². The van der Waals surface area contributed by atoms with E-state index < -0.39 is 5.91 Å². The summed E-state index contributed by atoms with van der Waals surface area (Å²) in [4.78, 5) is 41.6. The van der Waals surface area contributed by atoms with Gasteiger partial charge in [0.05, 0.1) is 12.8 Å². The third kappa shape index (κ3) is 5.49. The van der Waals surface area contributed by atoms with Crippen molar-refractivity contribution in [2.45, 2.75) is 51.0 Å². The summed E-state index contributed by atoms with van der Waals surface area (Å²) in [5.74, 6) is -0.106. The first-order valence-electron chi connectivity index (χ1n) is 12.4. The number of nitrogens with zero attached hydrogens (tertiary/aromatic N) is 1. The van der Waals surface area contributed by atoms with Crippen LogP contribution in [0.4, 0.5) is 11.4 Å². The van der Waals surface area contributed by atoms with E-state index in [1.807, 2.05) is 56.3 Å². The molecule has 1 aromatic heterocycles. The lowest BCUT2D eigenvalue weighted by Gasteiger charge is -2.14. The molecular formula is C29H29N3O4S. The van der Waals surface area contributed by atoms with E-state index in [1.165, 1.54) is 22.9 Å². The molecule has 5 rings (SSSR count). The monoisotopic (exact) mass is 515 g/mol. The Hall–Kier alpha value is -3.78. The van der Waals surface area contributed by atoms with Crippen LogP contribution >= 0.6 is 11.8 Å². The molecule has 1 aliphatic carbocycles. The Morgan fingerprint density at radius 1 is 0.973 bits per heavy atom. The third-order valence-corrected chi connectivity index (χ3v) is 7.95. The van der Waals surface area contributed by atoms with Crippen molar-refractivity contribution in [1.82, 2.24) is 4.90 Å². The second kappa shape index (κ2) is 10.7. The van der Waals surface area contributed by atoms with Crippen molar-refractivity contribution < 1.29 is 18.8 Å². The summed E-state index contributed by atoms with van der Waals surface area (Å²) >= 11 is 1.23. The number of imide groups is 1. The molecule has 0 saturated heterocycles. The molecule has 3 amide bonds. The first kappa shape index (κ1) is 24.9. The molecule has 0 radical (unpaired) electrons. The molecule has 1 fully saturated rings. The number of thioether (sulfide) groups is 1. The molecule has 37 heavy (non-hydrogen) atoms. The number of carbonyl (C=O) groups excluding carboxylic acids is 3. The van der Waals surface area contributed by atoms with Crippen LogP contribution in [0.5, 0.6) is 0 Å². The van der Waals surface area contributed by atoms with E-state index in [2.05, 4.69) is 10.6 Å². The summed E-state index contributed by atoms with van der Waals surface area (Å²) in [7, 11) is 0. The van der Waals surface area contributed by atoms with Gasteiger partial charge in [-0.1, -0.05) is 30.7 Å². The largest absolute Gasteiger partial charge is 0.467 e. The maximum absolute atomic E-state index is 13.4. The van der Waals surface area contributed by atoms with Gasteiger partial charge >= 0.3 is 0 Å². The molecule has 7 nitrogen and oxygen atoms in total. The summed E-state index contributed by atoms with van der Waals surface area (Å²) in [6.07, 6.45) is 5.60. The van der Waals surface area contributed by atoms with Gasteiger partial charge in [0.1, 0.15) is 16.4 Å². The summed E-state index contributed by atoms with van der Waals surface area (Å²) in [6, 6.07) is 16.6. The van der Waals surface area contributed by atoms with Crippen LogP contribution in [0.25, 0.3) is 0 Å². The lowest BCUT2D eigenvalue weighted by Crippen LogP contribution is -2.31. The molecule has 2 aromatic carbocycles.